The maximum Gasteiger partial charge on any atom is 0.319 e. The first-order valence-electron chi connectivity index (χ1n) is 10.7. The number of hydrogen-bond donors (Lipinski definition) is 0. The van der Waals surface area contributed by atoms with Crippen LogP contribution in [0.4, 0.5) is 8.78 Å². The van der Waals surface area contributed by atoms with E-state index in [-0.39, 0.29) is 5.60 Å². The molecule has 0 N–H and O–H groups in total. The fourth-order valence-corrected chi connectivity index (χ4v) is 5.31. The van der Waals surface area contributed by atoms with Crippen molar-refractivity contribution in [2.24, 2.45) is 0 Å². The van der Waals surface area contributed by atoms with Crippen LogP contribution in [0.15, 0.2) is 54.9 Å². The van der Waals surface area contributed by atoms with Crippen molar-refractivity contribution < 1.29 is 13.5 Å². The van der Waals surface area contributed by atoms with Crippen molar-refractivity contribution in [2.45, 2.75) is 31.6 Å². The third-order valence-corrected chi connectivity index (χ3v) is 7.03. The molecule has 2 aliphatic rings. The Morgan fingerprint density at radius 3 is 2.55 bits per heavy atom. The van der Waals surface area contributed by atoms with Crippen LogP contribution in [0.2, 0.25) is 0 Å². The van der Waals surface area contributed by atoms with Crippen molar-refractivity contribution in [3.05, 3.63) is 66.0 Å². The quantitative estimate of drug-likeness (QED) is 0.417. The normalized spacial score (nSPS) is 18.5. The van der Waals surface area contributed by atoms with Crippen molar-refractivity contribution in [3.63, 3.8) is 0 Å². The fraction of sp³-hybridized carbons (Fsp3) is 0.320. The number of piperidine rings is 1. The third-order valence-electron chi connectivity index (χ3n) is 7.03. The summed E-state index contributed by atoms with van der Waals surface area (Å²) in [5.74, 6) is 0. The van der Waals surface area contributed by atoms with Gasteiger partial charge in [-0.1, -0.05) is 24.3 Å². The molecule has 0 unspecified atom stereocenters. The summed E-state index contributed by atoms with van der Waals surface area (Å²) >= 11 is 0. The molecule has 2 aromatic carbocycles. The van der Waals surface area contributed by atoms with E-state index in [2.05, 4.69) is 35.1 Å². The van der Waals surface area contributed by atoms with E-state index in [4.69, 9.17) is 4.74 Å². The molecule has 1 fully saturated rings. The largest absolute Gasteiger partial charge is 0.365 e. The van der Waals surface area contributed by atoms with Crippen LogP contribution in [-0.2, 0) is 16.9 Å². The second kappa shape index (κ2) is 6.84. The van der Waals surface area contributed by atoms with Crippen LogP contribution in [0.25, 0.3) is 32.9 Å². The Kier molecular flexibility index (Phi) is 4.17. The molecule has 0 amide bonds. The topological polar surface area (TPSA) is 30.3 Å². The van der Waals surface area contributed by atoms with Crippen molar-refractivity contribution in [1.29, 1.82) is 0 Å². The number of pyridine rings is 1. The second-order valence-corrected chi connectivity index (χ2v) is 8.73. The molecule has 4 heterocycles. The van der Waals surface area contributed by atoms with Gasteiger partial charge in [-0.15, -0.1) is 0 Å². The third kappa shape index (κ3) is 2.82. The van der Waals surface area contributed by atoms with Crippen molar-refractivity contribution >= 4 is 21.8 Å². The molecule has 2 aliphatic heterocycles. The van der Waals surface area contributed by atoms with Gasteiger partial charge in [-0.2, -0.15) is 8.78 Å². The number of halogens is 2. The van der Waals surface area contributed by atoms with Gasteiger partial charge in [-0.05, 0) is 60.3 Å². The lowest BCUT2D eigenvalue weighted by Gasteiger charge is -2.37. The maximum absolute atomic E-state index is 13.9. The SMILES string of the molecule is CN1CCC2(CC1)OCc1cc(-c3ccc4c5cnccc5n(C(F)F)c4c3)ccc12. The minimum Gasteiger partial charge on any atom is -0.365 e. The number of rotatable bonds is 2. The van der Waals surface area contributed by atoms with E-state index < -0.39 is 6.55 Å². The molecule has 0 radical (unpaired) electrons. The van der Waals surface area contributed by atoms with Crippen LogP contribution in [-0.4, -0.2) is 34.6 Å². The molecule has 6 heteroatoms. The Labute approximate surface area is 179 Å². The number of hydrogen-bond acceptors (Lipinski definition) is 3. The summed E-state index contributed by atoms with van der Waals surface area (Å²) in [6, 6.07) is 13.9. The lowest BCUT2D eigenvalue weighted by Crippen LogP contribution is -2.40. The molecule has 2 aromatic heterocycles. The summed E-state index contributed by atoms with van der Waals surface area (Å²) in [5.41, 5.74) is 5.32. The van der Waals surface area contributed by atoms with Crippen molar-refractivity contribution in [2.75, 3.05) is 20.1 Å². The van der Waals surface area contributed by atoms with Crippen LogP contribution < -0.4 is 0 Å². The van der Waals surface area contributed by atoms with Gasteiger partial charge in [0.25, 0.3) is 0 Å². The Hall–Kier alpha value is -2.83. The van der Waals surface area contributed by atoms with Gasteiger partial charge in [0.05, 0.1) is 23.2 Å². The highest BCUT2D eigenvalue weighted by molar-refractivity contribution is 6.08. The molecule has 1 spiro atoms. The maximum atomic E-state index is 13.9. The molecular formula is C25H23F2N3O. The average molecular weight is 419 g/mol. The zero-order valence-electron chi connectivity index (χ0n) is 17.3. The molecule has 158 valence electrons. The number of ether oxygens (including phenoxy) is 1. The van der Waals surface area contributed by atoms with Crippen LogP contribution in [0.1, 0.15) is 30.5 Å². The van der Waals surface area contributed by atoms with Crippen molar-refractivity contribution in [3.8, 4) is 11.1 Å². The fourth-order valence-electron chi connectivity index (χ4n) is 5.31. The molecule has 1 saturated heterocycles. The molecule has 0 atom stereocenters. The van der Waals surface area contributed by atoms with Crippen LogP contribution in [0.5, 0.6) is 0 Å². The first kappa shape index (κ1) is 18.9. The summed E-state index contributed by atoms with van der Waals surface area (Å²) in [4.78, 5) is 6.47. The van der Waals surface area contributed by atoms with Gasteiger partial charge in [0.15, 0.2) is 0 Å². The first-order valence-corrected chi connectivity index (χ1v) is 10.7. The summed E-state index contributed by atoms with van der Waals surface area (Å²) in [7, 11) is 2.15. The van der Waals surface area contributed by atoms with E-state index in [0.29, 0.717) is 17.6 Å². The molecule has 6 rings (SSSR count). The highest BCUT2D eigenvalue weighted by Gasteiger charge is 2.42. The Morgan fingerprint density at radius 2 is 1.74 bits per heavy atom. The highest BCUT2D eigenvalue weighted by Crippen LogP contribution is 2.45. The number of fused-ring (bicyclic) bond motifs is 5. The van der Waals surface area contributed by atoms with Gasteiger partial charge < -0.3 is 9.64 Å². The molecular weight excluding hydrogens is 396 g/mol. The standard InChI is InChI=1S/C25H23F2N3O/c1-29-10-7-25(8-11-29)21-5-3-16(12-18(21)15-31-25)17-2-4-19-20-14-28-9-6-22(20)30(24(26)27)23(19)13-17/h2-6,9,12-14,24H,7-8,10-11,15H2,1H3. The van der Waals surface area contributed by atoms with E-state index in [0.717, 1.165) is 52.4 Å². The number of benzene rings is 2. The average Bonchev–Trinajstić information content (AvgIpc) is 3.31. The molecule has 31 heavy (non-hydrogen) atoms. The smallest absolute Gasteiger partial charge is 0.319 e. The summed E-state index contributed by atoms with van der Waals surface area (Å²) in [5, 5.41) is 1.54. The number of aromatic nitrogens is 2. The van der Waals surface area contributed by atoms with E-state index in [1.54, 1.807) is 18.5 Å². The monoisotopic (exact) mass is 419 g/mol. The van der Waals surface area contributed by atoms with Gasteiger partial charge in [0, 0.05) is 36.3 Å². The lowest BCUT2D eigenvalue weighted by atomic mass is 9.83. The Bertz CT molecular complexity index is 1310. The van der Waals surface area contributed by atoms with Gasteiger partial charge in [-0.3, -0.25) is 9.55 Å². The van der Waals surface area contributed by atoms with Gasteiger partial charge in [-0.25, -0.2) is 0 Å². The van der Waals surface area contributed by atoms with Crippen LogP contribution in [0, 0.1) is 0 Å². The van der Waals surface area contributed by atoms with Crippen LogP contribution in [0.3, 0.4) is 0 Å². The summed E-state index contributed by atoms with van der Waals surface area (Å²) in [6.07, 6.45) is 5.22. The predicted octanol–water partition coefficient (Wildman–Crippen LogP) is 5.70. The molecule has 4 aromatic rings. The number of alkyl halides is 2. The number of likely N-dealkylation sites (tertiary alicyclic amines) is 1. The Balaban J connectivity index is 1.45. The molecule has 4 nitrogen and oxygen atoms in total. The highest BCUT2D eigenvalue weighted by atomic mass is 19.3. The first-order chi connectivity index (χ1) is 15.1. The van der Waals surface area contributed by atoms with Gasteiger partial charge in [0.1, 0.15) is 0 Å². The van der Waals surface area contributed by atoms with E-state index in [9.17, 15) is 8.78 Å². The zero-order chi connectivity index (χ0) is 21.2. The molecule has 0 bridgehead atoms. The van der Waals surface area contributed by atoms with Gasteiger partial charge >= 0.3 is 6.55 Å². The predicted molar refractivity (Wildman–Crippen MR) is 117 cm³/mol. The zero-order valence-corrected chi connectivity index (χ0v) is 17.3. The molecule has 0 aliphatic carbocycles. The number of nitrogens with zero attached hydrogens (tertiary/aromatic N) is 3. The Morgan fingerprint density at radius 1 is 0.968 bits per heavy atom. The van der Waals surface area contributed by atoms with Crippen molar-refractivity contribution in [1.82, 2.24) is 14.5 Å². The molecule has 0 saturated carbocycles. The lowest BCUT2D eigenvalue weighted by molar-refractivity contribution is -0.0755. The second-order valence-electron chi connectivity index (χ2n) is 8.73. The van der Waals surface area contributed by atoms with E-state index in [1.165, 1.54) is 11.1 Å². The minimum absolute atomic E-state index is 0.167. The summed E-state index contributed by atoms with van der Waals surface area (Å²) < 4.78 is 35.3. The van der Waals surface area contributed by atoms with Gasteiger partial charge in [0.2, 0.25) is 0 Å². The summed E-state index contributed by atoms with van der Waals surface area (Å²) in [6.45, 7) is 0.0591. The minimum atomic E-state index is -2.62. The van der Waals surface area contributed by atoms with Crippen LogP contribution >= 0.6 is 0 Å². The van der Waals surface area contributed by atoms with E-state index >= 15 is 0 Å². The van der Waals surface area contributed by atoms with E-state index in [1.807, 2.05) is 18.2 Å².